The second kappa shape index (κ2) is 7.65. The minimum Gasteiger partial charge on any atom is -0.464 e. The van der Waals surface area contributed by atoms with Crippen LogP contribution in [0.25, 0.3) is 0 Å². The Morgan fingerprint density at radius 3 is 2.41 bits per heavy atom. The van der Waals surface area contributed by atoms with E-state index < -0.39 is 17.9 Å². The van der Waals surface area contributed by atoms with E-state index in [2.05, 4.69) is 16.0 Å². The molecule has 1 aliphatic rings. The number of rotatable bonds is 5. The Bertz CT molecular complexity index is 883. The molecule has 3 rings (SSSR count). The summed E-state index contributed by atoms with van der Waals surface area (Å²) in [6.07, 6.45) is 1.82. The van der Waals surface area contributed by atoms with Crippen molar-refractivity contribution in [1.29, 1.82) is 0 Å². The van der Waals surface area contributed by atoms with Crippen LogP contribution in [0, 0.1) is 19.8 Å². The summed E-state index contributed by atoms with van der Waals surface area (Å²) in [5.74, 6) is -0.161. The molecule has 1 heterocycles. The first-order valence-corrected chi connectivity index (χ1v) is 8.93. The maximum absolute atomic E-state index is 12.2. The average Bonchev–Trinajstić information content (AvgIpc) is 3.39. The van der Waals surface area contributed by atoms with Gasteiger partial charge in [0.1, 0.15) is 11.5 Å². The van der Waals surface area contributed by atoms with Gasteiger partial charge in [-0.2, -0.15) is 0 Å². The minimum atomic E-state index is -0.779. The summed E-state index contributed by atoms with van der Waals surface area (Å²) in [5, 5.41) is 8.03. The molecule has 3 N–H and O–H groups in total. The zero-order valence-corrected chi connectivity index (χ0v) is 15.6. The number of hydrogen-bond donors (Lipinski definition) is 3. The lowest BCUT2D eigenvalue weighted by atomic mass is 10.1. The summed E-state index contributed by atoms with van der Waals surface area (Å²) in [6.45, 7) is 5.36. The predicted molar refractivity (Wildman–Crippen MR) is 101 cm³/mol. The van der Waals surface area contributed by atoms with Crippen LogP contribution in [-0.2, 0) is 14.4 Å². The van der Waals surface area contributed by atoms with Crippen LogP contribution < -0.4 is 16.0 Å². The topological polar surface area (TPSA) is 100 Å². The number of nitrogens with one attached hydrogen (secondary N) is 3. The molecule has 0 unspecified atom stereocenters. The molecule has 7 heteroatoms. The number of carbonyl (C=O) groups excluding carboxylic acids is 3. The summed E-state index contributed by atoms with van der Waals surface area (Å²) in [4.78, 5) is 36.3. The summed E-state index contributed by atoms with van der Waals surface area (Å²) < 4.78 is 5.45. The fourth-order valence-electron chi connectivity index (χ4n) is 2.62. The van der Waals surface area contributed by atoms with Crippen LogP contribution in [0.1, 0.15) is 42.9 Å². The van der Waals surface area contributed by atoms with Gasteiger partial charge in [-0.3, -0.25) is 14.4 Å². The summed E-state index contributed by atoms with van der Waals surface area (Å²) in [6, 6.07) is 8.33. The Kier molecular flexibility index (Phi) is 5.30. The molecule has 0 bridgehead atoms. The largest absolute Gasteiger partial charge is 0.464 e. The molecule has 142 valence electrons. The van der Waals surface area contributed by atoms with E-state index in [1.54, 1.807) is 37.3 Å². The molecule has 1 aliphatic carbocycles. The van der Waals surface area contributed by atoms with E-state index in [9.17, 15) is 14.4 Å². The van der Waals surface area contributed by atoms with Crippen LogP contribution in [0.5, 0.6) is 0 Å². The van der Waals surface area contributed by atoms with Crippen molar-refractivity contribution in [3.8, 4) is 0 Å². The van der Waals surface area contributed by atoms with E-state index in [-0.39, 0.29) is 11.8 Å². The smallest absolute Gasteiger partial charge is 0.313 e. The molecule has 27 heavy (non-hydrogen) atoms. The highest BCUT2D eigenvalue weighted by Gasteiger charge is 2.29. The van der Waals surface area contributed by atoms with Crippen molar-refractivity contribution in [3.05, 3.63) is 47.4 Å². The minimum absolute atomic E-state index is 0.0172. The van der Waals surface area contributed by atoms with E-state index >= 15 is 0 Å². The molecule has 2 aromatic rings. The van der Waals surface area contributed by atoms with Crippen molar-refractivity contribution in [2.75, 3.05) is 10.6 Å². The number of aryl methyl sites for hydroxylation is 2. The van der Waals surface area contributed by atoms with Gasteiger partial charge in [-0.1, -0.05) is 6.07 Å². The number of hydrogen-bond acceptors (Lipinski definition) is 4. The first kappa shape index (κ1) is 18.7. The van der Waals surface area contributed by atoms with E-state index in [0.717, 1.165) is 24.2 Å². The van der Waals surface area contributed by atoms with Crippen LogP contribution >= 0.6 is 0 Å². The zero-order chi connectivity index (χ0) is 19.6. The summed E-state index contributed by atoms with van der Waals surface area (Å²) >= 11 is 0. The first-order valence-electron chi connectivity index (χ1n) is 8.93. The molecular formula is C20H23N3O4. The van der Waals surface area contributed by atoms with Gasteiger partial charge in [0.05, 0.1) is 6.04 Å². The normalized spacial score (nSPS) is 14.3. The van der Waals surface area contributed by atoms with Gasteiger partial charge in [-0.15, -0.1) is 0 Å². The van der Waals surface area contributed by atoms with Crippen LogP contribution in [0.4, 0.5) is 11.4 Å². The molecule has 1 fully saturated rings. The van der Waals surface area contributed by atoms with Gasteiger partial charge >= 0.3 is 11.8 Å². The number of anilines is 2. The first-order chi connectivity index (χ1) is 12.8. The fraction of sp³-hybridized carbons (Fsp3) is 0.350. The van der Waals surface area contributed by atoms with Crippen molar-refractivity contribution >= 4 is 29.1 Å². The summed E-state index contributed by atoms with van der Waals surface area (Å²) in [5.41, 5.74) is 1.85. The van der Waals surface area contributed by atoms with Crippen LogP contribution in [-0.4, -0.2) is 17.7 Å². The number of amides is 3. The molecule has 0 aliphatic heterocycles. The van der Waals surface area contributed by atoms with E-state index in [0.29, 0.717) is 17.1 Å². The fourth-order valence-corrected chi connectivity index (χ4v) is 2.62. The lowest BCUT2D eigenvalue weighted by molar-refractivity contribution is -0.136. The predicted octanol–water partition coefficient (Wildman–Crippen LogP) is 3.06. The molecule has 1 aromatic carbocycles. The summed E-state index contributed by atoms with van der Waals surface area (Å²) in [7, 11) is 0. The Balaban J connectivity index is 1.62. The second-order valence-electron chi connectivity index (χ2n) is 6.89. The second-order valence-corrected chi connectivity index (χ2v) is 6.89. The molecule has 0 saturated heterocycles. The maximum atomic E-state index is 12.2. The third-order valence-corrected chi connectivity index (χ3v) is 4.44. The molecular weight excluding hydrogens is 346 g/mol. The molecule has 1 atom stereocenters. The van der Waals surface area contributed by atoms with Crippen LogP contribution in [0.15, 0.2) is 34.7 Å². The molecule has 1 saturated carbocycles. The Labute approximate surface area is 157 Å². The van der Waals surface area contributed by atoms with Crippen molar-refractivity contribution < 1.29 is 18.8 Å². The highest BCUT2D eigenvalue weighted by atomic mass is 16.3. The van der Waals surface area contributed by atoms with E-state index in [4.69, 9.17) is 4.42 Å². The molecule has 1 aromatic heterocycles. The maximum Gasteiger partial charge on any atom is 0.313 e. The number of benzene rings is 1. The Morgan fingerprint density at radius 2 is 1.78 bits per heavy atom. The van der Waals surface area contributed by atoms with Crippen molar-refractivity contribution in [2.24, 2.45) is 5.92 Å². The average molecular weight is 369 g/mol. The van der Waals surface area contributed by atoms with Gasteiger partial charge in [-0.05, 0) is 63.4 Å². The van der Waals surface area contributed by atoms with Crippen LogP contribution in [0.3, 0.4) is 0 Å². The molecule has 0 radical (unpaired) electrons. The third-order valence-electron chi connectivity index (χ3n) is 4.44. The van der Waals surface area contributed by atoms with Gasteiger partial charge < -0.3 is 20.4 Å². The van der Waals surface area contributed by atoms with Gasteiger partial charge in [0.15, 0.2) is 0 Å². The highest BCUT2D eigenvalue weighted by molar-refractivity contribution is 6.39. The standard InChI is InChI=1S/C20H23N3O4/c1-11-4-8-15(22-18(24)14-6-7-14)10-16(11)23-20(26)19(25)21-13(3)17-9-5-12(2)27-17/h4-5,8-10,13-14H,6-7H2,1-3H3,(H,21,25)(H,22,24)(H,23,26)/t13-/m0/s1. The Hall–Kier alpha value is -3.09. The SMILES string of the molecule is Cc1ccc([C@H](C)NC(=O)C(=O)Nc2cc(NC(=O)C3CC3)ccc2C)o1. The molecule has 7 nitrogen and oxygen atoms in total. The quantitative estimate of drug-likeness (QED) is 0.705. The lowest BCUT2D eigenvalue weighted by Gasteiger charge is -2.13. The van der Waals surface area contributed by atoms with Crippen molar-refractivity contribution in [3.63, 3.8) is 0 Å². The lowest BCUT2D eigenvalue weighted by Crippen LogP contribution is -2.37. The van der Waals surface area contributed by atoms with E-state index in [1.165, 1.54) is 0 Å². The van der Waals surface area contributed by atoms with Crippen LogP contribution in [0.2, 0.25) is 0 Å². The third kappa shape index (κ3) is 4.75. The van der Waals surface area contributed by atoms with Gasteiger partial charge in [0.2, 0.25) is 5.91 Å². The zero-order valence-electron chi connectivity index (χ0n) is 15.6. The van der Waals surface area contributed by atoms with Gasteiger partial charge in [-0.25, -0.2) is 0 Å². The van der Waals surface area contributed by atoms with Crippen molar-refractivity contribution in [1.82, 2.24) is 5.32 Å². The van der Waals surface area contributed by atoms with Gasteiger partial charge in [0.25, 0.3) is 0 Å². The molecule has 0 spiro atoms. The van der Waals surface area contributed by atoms with E-state index in [1.807, 2.05) is 13.8 Å². The van der Waals surface area contributed by atoms with Crippen molar-refractivity contribution in [2.45, 2.75) is 39.7 Å². The molecule has 3 amide bonds. The highest BCUT2D eigenvalue weighted by Crippen LogP contribution is 2.30. The number of furan rings is 1. The Morgan fingerprint density at radius 1 is 1.04 bits per heavy atom. The van der Waals surface area contributed by atoms with Gasteiger partial charge in [0, 0.05) is 17.3 Å². The number of carbonyl (C=O) groups is 3. The monoisotopic (exact) mass is 369 g/mol.